The van der Waals surface area contributed by atoms with Crippen molar-refractivity contribution in [3.63, 3.8) is 0 Å². The van der Waals surface area contributed by atoms with Gasteiger partial charge in [-0.1, -0.05) is 170 Å². The van der Waals surface area contributed by atoms with Gasteiger partial charge in [-0.3, -0.25) is 4.57 Å². The molecular weight excluding hydrogens is 685 g/mol. The topological polar surface area (TPSA) is 56.7 Å². The summed E-state index contributed by atoms with van der Waals surface area (Å²) in [5, 5.41) is 11.4. The fourth-order valence-electron chi connectivity index (χ4n) is 8.81. The molecule has 9 aromatic carbocycles. The summed E-state index contributed by atoms with van der Waals surface area (Å²) in [6.07, 6.45) is 0. The van der Waals surface area contributed by atoms with Gasteiger partial charge in [0.1, 0.15) is 11.2 Å². The Kier molecular flexibility index (Phi) is 6.56. The SMILES string of the molecule is c1ccc(-c2nc(-c3ccccc3)nc(-n3c4c(-c5c6ccccc6cc6c5oc5ccccc56)cccc4c4c5ccccc5c5ccccc5c43)n2)cc1. The lowest BCUT2D eigenvalue weighted by atomic mass is 9.93. The molecule has 0 radical (unpaired) electrons. The Morgan fingerprint density at radius 3 is 1.66 bits per heavy atom. The quantitative estimate of drug-likeness (QED) is 0.170. The van der Waals surface area contributed by atoms with Crippen LogP contribution in [0.15, 0.2) is 186 Å². The summed E-state index contributed by atoms with van der Waals surface area (Å²) in [4.78, 5) is 15.8. The predicted molar refractivity (Wildman–Crippen MR) is 230 cm³/mol. The third kappa shape index (κ3) is 4.46. The van der Waals surface area contributed by atoms with Gasteiger partial charge in [0.2, 0.25) is 5.95 Å². The zero-order valence-electron chi connectivity index (χ0n) is 30.0. The molecule has 3 aromatic heterocycles. The van der Waals surface area contributed by atoms with E-state index in [9.17, 15) is 0 Å². The van der Waals surface area contributed by atoms with Crippen LogP contribution in [0.3, 0.4) is 0 Å². The molecular formula is C51H30N4O. The van der Waals surface area contributed by atoms with Crippen LogP contribution in [0.2, 0.25) is 0 Å². The Bertz CT molecular complexity index is 3470. The second-order valence-corrected chi connectivity index (χ2v) is 14.3. The van der Waals surface area contributed by atoms with E-state index in [4.69, 9.17) is 19.4 Å². The lowest BCUT2D eigenvalue weighted by Crippen LogP contribution is -2.07. The molecule has 0 N–H and O–H groups in total. The maximum absolute atomic E-state index is 6.86. The van der Waals surface area contributed by atoms with Crippen LogP contribution in [0.25, 0.3) is 116 Å². The molecule has 0 aliphatic heterocycles. The molecule has 0 atom stereocenters. The molecule has 3 heterocycles. The number of para-hydroxylation sites is 2. The van der Waals surface area contributed by atoms with Crippen LogP contribution in [-0.2, 0) is 0 Å². The Hall–Kier alpha value is -7.63. The minimum atomic E-state index is 0.548. The molecule has 0 bridgehead atoms. The van der Waals surface area contributed by atoms with Crippen LogP contribution in [0.4, 0.5) is 0 Å². The van der Waals surface area contributed by atoms with Crippen molar-refractivity contribution in [3.05, 3.63) is 182 Å². The first-order valence-corrected chi connectivity index (χ1v) is 18.9. The molecule has 0 aliphatic carbocycles. The maximum Gasteiger partial charge on any atom is 0.238 e. The van der Waals surface area contributed by atoms with Gasteiger partial charge in [0.25, 0.3) is 0 Å². The molecule has 56 heavy (non-hydrogen) atoms. The lowest BCUT2D eigenvalue weighted by molar-refractivity contribution is 0.670. The second kappa shape index (κ2) is 11.9. The Morgan fingerprint density at radius 1 is 0.393 bits per heavy atom. The van der Waals surface area contributed by atoms with Gasteiger partial charge < -0.3 is 4.42 Å². The van der Waals surface area contributed by atoms with Gasteiger partial charge in [0.05, 0.1) is 11.0 Å². The predicted octanol–water partition coefficient (Wildman–Crippen LogP) is 13.3. The third-order valence-corrected chi connectivity index (χ3v) is 11.2. The highest BCUT2D eigenvalue weighted by atomic mass is 16.3. The maximum atomic E-state index is 6.86. The number of hydrogen-bond acceptors (Lipinski definition) is 4. The highest BCUT2D eigenvalue weighted by Crippen LogP contribution is 2.48. The molecule has 12 rings (SSSR count). The van der Waals surface area contributed by atoms with Crippen molar-refractivity contribution in [3.8, 4) is 39.9 Å². The van der Waals surface area contributed by atoms with Crippen molar-refractivity contribution >= 4 is 76.1 Å². The first-order valence-electron chi connectivity index (χ1n) is 18.9. The van der Waals surface area contributed by atoms with Gasteiger partial charge in [-0.2, -0.15) is 9.97 Å². The normalized spacial score (nSPS) is 11.9. The zero-order chi connectivity index (χ0) is 36.7. The smallest absolute Gasteiger partial charge is 0.238 e. The van der Waals surface area contributed by atoms with E-state index in [2.05, 4.69) is 144 Å². The lowest BCUT2D eigenvalue weighted by Gasteiger charge is -2.15. The summed E-state index contributed by atoms with van der Waals surface area (Å²) >= 11 is 0. The van der Waals surface area contributed by atoms with Gasteiger partial charge in [0, 0.05) is 49.2 Å². The number of hydrogen-bond donors (Lipinski definition) is 0. The molecule has 0 unspecified atom stereocenters. The van der Waals surface area contributed by atoms with Crippen LogP contribution in [0.5, 0.6) is 0 Å². The van der Waals surface area contributed by atoms with Gasteiger partial charge >= 0.3 is 0 Å². The van der Waals surface area contributed by atoms with E-state index in [0.717, 1.165) is 82.2 Å². The molecule has 5 nitrogen and oxygen atoms in total. The third-order valence-electron chi connectivity index (χ3n) is 11.2. The van der Waals surface area contributed by atoms with E-state index < -0.39 is 0 Å². The molecule has 0 spiro atoms. The van der Waals surface area contributed by atoms with Gasteiger partial charge in [0.15, 0.2) is 11.6 Å². The molecule has 0 aliphatic rings. The Labute approximate surface area is 320 Å². The van der Waals surface area contributed by atoms with E-state index in [1.54, 1.807) is 0 Å². The van der Waals surface area contributed by atoms with E-state index in [-0.39, 0.29) is 0 Å². The number of fused-ring (bicyclic) bond motifs is 12. The molecule has 5 heteroatoms. The van der Waals surface area contributed by atoms with E-state index in [1.807, 2.05) is 42.5 Å². The molecule has 260 valence electrons. The average Bonchev–Trinajstić information content (AvgIpc) is 3.83. The van der Waals surface area contributed by atoms with E-state index in [1.165, 1.54) is 16.2 Å². The minimum absolute atomic E-state index is 0.548. The van der Waals surface area contributed by atoms with Crippen LogP contribution >= 0.6 is 0 Å². The Morgan fingerprint density at radius 2 is 0.946 bits per heavy atom. The average molecular weight is 715 g/mol. The summed E-state index contributed by atoms with van der Waals surface area (Å²) in [5.74, 6) is 1.76. The van der Waals surface area contributed by atoms with Crippen LogP contribution in [0, 0.1) is 0 Å². The summed E-state index contributed by atoms with van der Waals surface area (Å²) in [7, 11) is 0. The first kappa shape index (κ1) is 30.8. The monoisotopic (exact) mass is 714 g/mol. The van der Waals surface area contributed by atoms with Crippen molar-refractivity contribution in [1.82, 2.24) is 19.5 Å². The van der Waals surface area contributed by atoms with E-state index in [0.29, 0.717) is 17.6 Å². The van der Waals surface area contributed by atoms with Crippen molar-refractivity contribution in [2.24, 2.45) is 0 Å². The van der Waals surface area contributed by atoms with Crippen molar-refractivity contribution in [1.29, 1.82) is 0 Å². The van der Waals surface area contributed by atoms with Crippen LogP contribution in [-0.4, -0.2) is 19.5 Å². The highest BCUT2D eigenvalue weighted by Gasteiger charge is 2.26. The zero-order valence-corrected chi connectivity index (χ0v) is 30.0. The van der Waals surface area contributed by atoms with Crippen molar-refractivity contribution in [2.75, 3.05) is 0 Å². The van der Waals surface area contributed by atoms with E-state index >= 15 is 0 Å². The van der Waals surface area contributed by atoms with Crippen molar-refractivity contribution < 1.29 is 4.42 Å². The summed E-state index contributed by atoms with van der Waals surface area (Å²) in [6, 6.07) is 63.7. The summed E-state index contributed by atoms with van der Waals surface area (Å²) < 4.78 is 9.16. The summed E-state index contributed by atoms with van der Waals surface area (Å²) in [6.45, 7) is 0. The molecule has 0 saturated heterocycles. The molecule has 0 amide bonds. The van der Waals surface area contributed by atoms with Crippen molar-refractivity contribution in [2.45, 2.75) is 0 Å². The van der Waals surface area contributed by atoms with Gasteiger partial charge in [-0.15, -0.1) is 0 Å². The number of furan rings is 1. The fourth-order valence-corrected chi connectivity index (χ4v) is 8.81. The summed E-state index contributed by atoms with van der Waals surface area (Å²) in [5.41, 5.74) is 7.69. The second-order valence-electron chi connectivity index (χ2n) is 14.3. The Balaban J connectivity index is 1.33. The molecule has 0 saturated carbocycles. The fraction of sp³-hybridized carbons (Fsp3) is 0. The molecule has 0 fully saturated rings. The number of rotatable bonds is 4. The standard InChI is InChI=1S/C51H30N4O/c1-3-16-31(17-4-1)49-52-50(32-18-5-2-6-19-32)54-51(53-49)55-46-40(44-38-25-11-9-22-35(38)36-23-10-12-26-39(36)47(44)55)27-15-28-41(46)45-34-21-8-7-20-33(34)30-42-37-24-13-14-29-43(37)56-48(42)45/h1-30H. The van der Waals surface area contributed by atoms with Gasteiger partial charge in [-0.05, 0) is 39.1 Å². The van der Waals surface area contributed by atoms with Gasteiger partial charge in [-0.25, -0.2) is 4.98 Å². The largest absolute Gasteiger partial charge is 0.455 e. The highest BCUT2D eigenvalue weighted by molar-refractivity contribution is 6.34. The van der Waals surface area contributed by atoms with Crippen LogP contribution in [0.1, 0.15) is 0 Å². The first-order chi connectivity index (χ1) is 27.8. The molecule has 12 aromatic rings. The number of nitrogens with zero attached hydrogens (tertiary/aromatic N) is 4. The number of benzene rings is 9. The number of aromatic nitrogens is 4. The van der Waals surface area contributed by atoms with Crippen LogP contribution < -0.4 is 0 Å². The minimum Gasteiger partial charge on any atom is -0.455 e.